The van der Waals surface area contributed by atoms with Crippen LogP contribution in [0, 0.1) is 13.8 Å². The van der Waals surface area contributed by atoms with Gasteiger partial charge in [0.15, 0.2) is 0 Å². The van der Waals surface area contributed by atoms with Gasteiger partial charge in [0.05, 0.1) is 28.4 Å². The lowest BCUT2D eigenvalue weighted by Crippen LogP contribution is -2.24. The van der Waals surface area contributed by atoms with E-state index in [-0.39, 0.29) is 11.8 Å². The fraction of sp³-hybridized carbons (Fsp3) is 0.286. The maximum absolute atomic E-state index is 12.9. The molecule has 180 valence electrons. The standard InChI is InChI=1S/C28H27Cl2N3O2/c1-18-14-21(15-19(2)27(18)30)35-13-7-12-32-25-11-6-4-9-23(25)31-28(32)20-16-26(34)33(17-20)24-10-5-3-8-22(24)29/h3-6,8-11,14-15,20H,7,12-13,16-17H2,1-2H3. The number of halogens is 2. The third-order valence-corrected chi connectivity index (χ3v) is 7.44. The summed E-state index contributed by atoms with van der Waals surface area (Å²) < 4.78 is 8.28. The summed E-state index contributed by atoms with van der Waals surface area (Å²) in [6.45, 7) is 5.85. The summed E-state index contributed by atoms with van der Waals surface area (Å²) in [5.41, 5.74) is 4.80. The molecule has 7 heteroatoms. The summed E-state index contributed by atoms with van der Waals surface area (Å²) >= 11 is 12.7. The molecule has 3 aromatic carbocycles. The number of carbonyl (C=O) groups is 1. The van der Waals surface area contributed by atoms with E-state index < -0.39 is 0 Å². The van der Waals surface area contributed by atoms with E-state index in [4.69, 9.17) is 32.9 Å². The minimum Gasteiger partial charge on any atom is -0.494 e. The molecule has 35 heavy (non-hydrogen) atoms. The van der Waals surface area contributed by atoms with Crippen molar-refractivity contribution in [1.82, 2.24) is 9.55 Å². The van der Waals surface area contributed by atoms with E-state index in [2.05, 4.69) is 10.6 Å². The highest BCUT2D eigenvalue weighted by molar-refractivity contribution is 6.34. The van der Waals surface area contributed by atoms with Gasteiger partial charge >= 0.3 is 0 Å². The fourth-order valence-electron chi connectivity index (χ4n) is 4.83. The number of hydrogen-bond acceptors (Lipinski definition) is 3. The van der Waals surface area contributed by atoms with E-state index in [1.165, 1.54) is 0 Å². The highest BCUT2D eigenvalue weighted by Crippen LogP contribution is 2.36. The van der Waals surface area contributed by atoms with E-state index >= 15 is 0 Å². The second-order valence-electron chi connectivity index (χ2n) is 9.04. The van der Waals surface area contributed by atoms with Crippen molar-refractivity contribution >= 4 is 45.8 Å². The van der Waals surface area contributed by atoms with E-state index in [0.29, 0.717) is 24.6 Å². The minimum absolute atomic E-state index is 0.00587. The Bertz CT molecular complexity index is 1380. The first kappa shape index (κ1) is 23.7. The number of amides is 1. The first-order chi connectivity index (χ1) is 16.9. The Hall–Kier alpha value is -3.02. The number of fused-ring (bicyclic) bond motifs is 1. The van der Waals surface area contributed by atoms with E-state index in [1.54, 1.807) is 4.90 Å². The Kier molecular flexibility index (Phi) is 6.72. The van der Waals surface area contributed by atoms with Crippen LogP contribution in [-0.2, 0) is 11.3 Å². The lowest BCUT2D eigenvalue weighted by molar-refractivity contribution is -0.117. The number of anilines is 1. The number of aryl methyl sites for hydroxylation is 3. The lowest BCUT2D eigenvalue weighted by atomic mass is 10.1. The zero-order valence-electron chi connectivity index (χ0n) is 19.8. The fourth-order valence-corrected chi connectivity index (χ4v) is 5.17. The molecule has 0 aliphatic carbocycles. The number of carbonyl (C=O) groups excluding carboxylic acids is 1. The van der Waals surface area contributed by atoms with Gasteiger partial charge in [-0.2, -0.15) is 0 Å². The second kappa shape index (κ2) is 9.92. The molecule has 4 aromatic rings. The molecule has 1 amide bonds. The van der Waals surface area contributed by atoms with Crippen molar-refractivity contribution in [1.29, 1.82) is 0 Å². The topological polar surface area (TPSA) is 47.4 Å². The molecule has 1 fully saturated rings. The van der Waals surface area contributed by atoms with Crippen LogP contribution in [0.25, 0.3) is 11.0 Å². The molecule has 2 heterocycles. The molecular weight excluding hydrogens is 481 g/mol. The molecule has 1 aliphatic rings. The minimum atomic E-state index is -0.00587. The molecule has 0 radical (unpaired) electrons. The van der Waals surface area contributed by atoms with Gasteiger partial charge in [0.1, 0.15) is 11.6 Å². The first-order valence-corrected chi connectivity index (χ1v) is 12.6. The smallest absolute Gasteiger partial charge is 0.227 e. The summed E-state index contributed by atoms with van der Waals surface area (Å²) in [6, 6.07) is 19.6. The number of rotatable bonds is 7. The van der Waals surface area contributed by atoms with Crippen LogP contribution in [0.15, 0.2) is 60.7 Å². The van der Waals surface area contributed by atoms with Gasteiger partial charge in [-0.15, -0.1) is 0 Å². The molecule has 5 nitrogen and oxygen atoms in total. The Labute approximate surface area is 215 Å². The third kappa shape index (κ3) is 4.75. The highest BCUT2D eigenvalue weighted by atomic mass is 35.5. The Morgan fingerprint density at radius 2 is 1.74 bits per heavy atom. The zero-order chi connectivity index (χ0) is 24.5. The summed E-state index contributed by atoms with van der Waals surface area (Å²) in [7, 11) is 0. The van der Waals surface area contributed by atoms with Crippen LogP contribution in [0.5, 0.6) is 5.75 Å². The summed E-state index contributed by atoms with van der Waals surface area (Å²) in [6.07, 6.45) is 1.22. The largest absolute Gasteiger partial charge is 0.494 e. The van der Waals surface area contributed by atoms with Gasteiger partial charge in [-0.05, 0) is 67.8 Å². The average Bonchev–Trinajstić information content (AvgIpc) is 3.41. The molecule has 1 atom stereocenters. The van der Waals surface area contributed by atoms with Crippen LogP contribution in [0.4, 0.5) is 5.69 Å². The Morgan fingerprint density at radius 3 is 2.51 bits per heavy atom. The van der Waals surface area contributed by atoms with Crippen molar-refractivity contribution in [2.75, 3.05) is 18.1 Å². The molecule has 1 saturated heterocycles. The number of nitrogens with zero attached hydrogens (tertiary/aromatic N) is 3. The van der Waals surface area contributed by atoms with Crippen LogP contribution >= 0.6 is 23.2 Å². The number of ether oxygens (including phenoxy) is 1. The molecule has 0 spiro atoms. The summed E-state index contributed by atoms with van der Waals surface area (Å²) in [5.74, 6) is 1.83. The molecule has 0 saturated carbocycles. The second-order valence-corrected chi connectivity index (χ2v) is 9.83. The molecule has 1 aromatic heterocycles. The number of aromatic nitrogens is 2. The van der Waals surface area contributed by atoms with E-state index in [0.717, 1.165) is 57.4 Å². The van der Waals surface area contributed by atoms with Crippen LogP contribution < -0.4 is 9.64 Å². The van der Waals surface area contributed by atoms with Crippen LogP contribution in [0.3, 0.4) is 0 Å². The molecule has 0 N–H and O–H groups in total. The average molecular weight is 508 g/mol. The Balaban J connectivity index is 1.34. The van der Waals surface area contributed by atoms with Crippen molar-refractivity contribution in [3.63, 3.8) is 0 Å². The molecule has 1 unspecified atom stereocenters. The van der Waals surface area contributed by atoms with Crippen molar-refractivity contribution in [2.24, 2.45) is 0 Å². The molecule has 5 rings (SSSR count). The van der Waals surface area contributed by atoms with Crippen molar-refractivity contribution in [3.05, 3.63) is 87.7 Å². The van der Waals surface area contributed by atoms with Crippen LogP contribution in [0.1, 0.15) is 35.7 Å². The SMILES string of the molecule is Cc1cc(OCCCn2c(C3CC(=O)N(c4ccccc4Cl)C3)nc3ccccc32)cc(C)c1Cl. The lowest BCUT2D eigenvalue weighted by Gasteiger charge is -2.18. The third-order valence-electron chi connectivity index (χ3n) is 6.52. The zero-order valence-corrected chi connectivity index (χ0v) is 21.3. The van der Waals surface area contributed by atoms with Gasteiger partial charge < -0.3 is 14.2 Å². The summed E-state index contributed by atoms with van der Waals surface area (Å²) in [4.78, 5) is 19.7. The van der Waals surface area contributed by atoms with Gasteiger partial charge in [0.2, 0.25) is 5.91 Å². The number of imidazole rings is 1. The number of benzene rings is 3. The maximum Gasteiger partial charge on any atom is 0.227 e. The van der Waals surface area contributed by atoms with E-state index in [9.17, 15) is 4.79 Å². The van der Waals surface area contributed by atoms with Crippen molar-refractivity contribution in [2.45, 2.75) is 39.2 Å². The van der Waals surface area contributed by atoms with Crippen molar-refractivity contribution < 1.29 is 9.53 Å². The summed E-state index contributed by atoms with van der Waals surface area (Å²) in [5, 5.41) is 1.36. The quantitative estimate of drug-likeness (QED) is 0.254. The maximum atomic E-state index is 12.9. The molecule has 1 aliphatic heterocycles. The molecule has 0 bridgehead atoms. The van der Waals surface area contributed by atoms with Crippen molar-refractivity contribution in [3.8, 4) is 5.75 Å². The van der Waals surface area contributed by atoms with Gasteiger partial charge in [-0.3, -0.25) is 4.79 Å². The van der Waals surface area contributed by atoms with Crippen LogP contribution in [0.2, 0.25) is 10.0 Å². The number of para-hydroxylation sites is 3. The van der Waals surface area contributed by atoms with Gasteiger partial charge in [-0.25, -0.2) is 4.98 Å². The highest BCUT2D eigenvalue weighted by Gasteiger charge is 2.35. The van der Waals surface area contributed by atoms with Gasteiger partial charge in [0, 0.05) is 30.5 Å². The molecular formula is C28H27Cl2N3O2. The van der Waals surface area contributed by atoms with Gasteiger partial charge in [-0.1, -0.05) is 47.5 Å². The monoisotopic (exact) mass is 507 g/mol. The Morgan fingerprint density at radius 1 is 1.03 bits per heavy atom. The first-order valence-electron chi connectivity index (χ1n) is 11.8. The number of hydrogen-bond donors (Lipinski definition) is 0. The van der Waals surface area contributed by atoms with E-state index in [1.807, 2.05) is 68.4 Å². The normalized spacial score (nSPS) is 15.8. The predicted octanol–water partition coefficient (Wildman–Crippen LogP) is 6.95. The van der Waals surface area contributed by atoms with Gasteiger partial charge in [0.25, 0.3) is 0 Å². The predicted molar refractivity (Wildman–Crippen MR) is 142 cm³/mol. The van der Waals surface area contributed by atoms with Crippen LogP contribution in [-0.4, -0.2) is 28.6 Å².